The number of thioether (sulfide) groups is 1. The molecule has 0 aromatic heterocycles. The van der Waals surface area contributed by atoms with Gasteiger partial charge in [-0.3, -0.25) is 10.1 Å². The van der Waals surface area contributed by atoms with Gasteiger partial charge in [-0.05, 0) is 37.7 Å². The van der Waals surface area contributed by atoms with E-state index < -0.39 is 11.5 Å². The molecule has 4 heteroatoms. The monoisotopic (exact) mass is 217 g/mol. The number of rotatable bonds is 4. The summed E-state index contributed by atoms with van der Waals surface area (Å²) in [5.74, 6) is 1.23. The molecule has 1 heterocycles. The molecule has 82 valence electrons. The van der Waals surface area contributed by atoms with Crippen LogP contribution in [-0.4, -0.2) is 34.2 Å². The largest absolute Gasteiger partial charge is 0.480 e. The van der Waals surface area contributed by atoms with Gasteiger partial charge in [-0.1, -0.05) is 6.92 Å². The van der Waals surface area contributed by atoms with Gasteiger partial charge in [-0.25, -0.2) is 0 Å². The fourth-order valence-corrected chi connectivity index (χ4v) is 2.90. The van der Waals surface area contributed by atoms with Crippen LogP contribution in [0.4, 0.5) is 0 Å². The Morgan fingerprint density at radius 3 is 2.57 bits per heavy atom. The number of carboxylic acid groups (broad SMARTS) is 1. The average Bonchev–Trinajstić information content (AvgIpc) is 2.19. The molecule has 0 aliphatic carbocycles. The number of nitrogens with one attached hydrogen (secondary N) is 1. The van der Waals surface area contributed by atoms with Crippen LogP contribution in [0, 0.1) is 0 Å². The molecule has 3 nitrogen and oxygen atoms in total. The number of hydrogen-bond acceptors (Lipinski definition) is 3. The van der Waals surface area contributed by atoms with Crippen LogP contribution >= 0.6 is 11.8 Å². The lowest BCUT2D eigenvalue weighted by molar-refractivity contribution is -0.145. The van der Waals surface area contributed by atoms with E-state index in [9.17, 15) is 9.90 Å². The molecule has 0 aromatic rings. The molecular weight excluding hydrogens is 198 g/mol. The lowest BCUT2D eigenvalue weighted by Gasteiger charge is -2.36. The van der Waals surface area contributed by atoms with Gasteiger partial charge in [0.05, 0.1) is 0 Å². The van der Waals surface area contributed by atoms with E-state index in [1.165, 1.54) is 0 Å². The van der Waals surface area contributed by atoms with Crippen molar-refractivity contribution in [3.8, 4) is 0 Å². The van der Waals surface area contributed by atoms with Crippen LogP contribution in [0.15, 0.2) is 0 Å². The molecule has 2 N–H and O–H groups in total. The van der Waals surface area contributed by atoms with Gasteiger partial charge in [0.25, 0.3) is 0 Å². The summed E-state index contributed by atoms with van der Waals surface area (Å²) < 4.78 is 0. The van der Waals surface area contributed by atoms with E-state index in [0.717, 1.165) is 30.8 Å². The van der Waals surface area contributed by atoms with Crippen molar-refractivity contribution in [3.05, 3.63) is 0 Å². The molecule has 1 aliphatic heterocycles. The summed E-state index contributed by atoms with van der Waals surface area (Å²) >= 11 is 1.85. The van der Waals surface area contributed by atoms with E-state index in [2.05, 4.69) is 12.2 Å². The summed E-state index contributed by atoms with van der Waals surface area (Å²) in [5.41, 5.74) is -0.652. The van der Waals surface area contributed by atoms with Crippen LogP contribution in [0.3, 0.4) is 0 Å². The Hall–Kier alpha value is -0.220. The highest BCUT2D eigenvalue weighted by Crippen LogP contribution is 2.28. The Labute approximate surface area is 89.6 Å². The number of carboxylic acids is 1. The van der Waals surface area contributed by atoms with Crippen molar-refractivity contribution in [1.29, 1.82) is 0 Å². The van der Waals surface area contributed by atoms with E-state index in [4.69, 9.17) is 0 Å². The van der Waals surface area contributed by atoms with Crippen LogP contribution in [0.2, 0.25) is 0 Å². The Kier molecular flexibility index (Phi) is 4.26. The highest BCUT2D eigenvalue weighted by molar-refractivity contribution is 7.99. The van der Waals surface area contributed by atoms with E-state index >= 15 is 0 Å². The molecule has 0 radical (unpaired) electrons. The Morgan fingerprint density at radius 2 is 2.14 bits per heavy atom. The normalized spacial score (nSPS) is 23.0. The van der Waals surface area contributed by atoms with E-state index in [1.54, 1.807) is 0 Å². The highest BCUT2D eigenvalue weighted by atomic mass is 32.2. The third-order valence-electron chi connectivity index (χ3n) is 2.89. The van der Waals surface area contributed by atoms with Gasteiger partial charge < -0.3 is 5.11 Å². The maximum absolute atomic E-state index is 11.3. The number of aliphatic carboxylic acids is 1. The summed E-state index contributed by atoms with van der Waals surface area (Å²) in [5, 5.41) is 12.5. The standard InChI is InChI=1S/C10H19NO2S/c1-3-8(2)11-10(9(12)13)4-6-14-7-5-10/h8,11H,3-7H2,1-2H3,(H,12,13). The second-order valence-electron chi connectivity index (χ2n) is 3.95. The average molecular weight is 217 g/mol. The number of carbonyl (C=O) groups is 1. The van der Waals surface area contributed by atoms with Crippen molar-refractivity contribution >= 4 is 17.7 Å². The Morgan fingerprint density at radius 1 is 1.57 bits per heavy atom. The molecule has 1 aliphatic rings. The molecule has 0 saturated carbocycles. The van der Waals surface area contributed by atoms with Gasteiger partial charge in [-0.2, -0.15) is 11.8 Å². The van der Waals surface area contributed by atoms with Crippen molar-refractivity contribution in [3.63, 3.8) is 0 Å². The topological polar surface area (TPSA) is 49.3 Å². The third kappa shape index (κ3) is 2.64. The molecule has 1 rings (SSSR count). The molecule has 1 saturated heterocycles. The first-order chi connectivity index (χ1) is 6.60. The zero-order valence-corrected chi connectivity index (χ0v) is 9.69. The minimum absolute atomic E-state index is 0.286. The summed E-state index contributed by atoms with van der Waals surface area (Å²) in [7, 11) is 0. The van der Waals surface area contributed by atoms with Crippen LogP contribution in [0.25, 0.3) is 0 Å². The maximum atomic E-state index is 11.3. The second-order valence-corrected chi connectivity index (χ2v) is 5.18. The van der Waals surface area contributed by atoms with Gasteiger partial charge >= 0.3 is 5.97 Å². The molecule has 1 fully saturated rings. The van der Waals surface area contributed by atoms with E-state index in [1.807, 2.05) is 18.7 Å². The van der Waals surface area contributed by atoms with Gasteiger partial charge in [-0.15, -0.1) is 0 Å². The van der Waals surface area contributed by atoms with Gasteiger partial charge in [0.15, 0.2) is 0 Å². The quantitative estimate of drug-likeness (QED) is 0.753. The molecule has 1 atom stereocenters. The minimum Gasteiger partial charge on any atom is -0.480 e. The molecule has 1 unspecified atom stereocenters. The summed E-state index contributed by atoms with van der Waals surface area (Å²) in [6, 6.07) is 0.286. The number of hydrogen-bond donors (Lipinski definition) is 2. The van der Waals surface area contributed by atoms with Crippen molar-refractivity contribution in [2.24, 2.45) is 0 Å². The maximum Gasteiger partial charge on any atom is 0.323 e. The SMILES string of the molecule is CCC(C)NC1(C(=O)O)CCSCC1. The van der Waals surface area contributed by atoms with Crippen molar-refractivity contribution in [2.75, 3.05) is 11.5 Å². The summed E-state index contributed by atoms with van der Waals surface area (Å²) in [4.78, 5) is 11.3. The second kappa shape index (κ2) is 5.03. The zero-order chi connectivity index (χ0) is 10.6. The smallest absolute Gasteiger partial charge is 0.323 e. The van der Waals surface area contributed by atoms with Crippen LogP contribution in [-0.2, 0) is 4.79 Å². The Balaban J connectivity index is 2.65. The van der Waals surface area contributed by atoms with E-state index in [0.29, 0.717) is 0 Å². The van der Waals surface area contributed by atoms with Crippen molar-refractivity contribution in [2.45, 2.75) is 44.7 Å². The van der Waals surface area contributed by atoms with Crippen molar-refractivity contribution in [1.82, 2.24) is 5.32 Å². The minimum atomic E-state index is -0.682. The first-order valence-electron chi connectivity index (χ1n) is 5.19. The fourth-order valence-electron chi connectivity index (χ4n) is 1.71. The van der Waals surface area contributed by atoms with Crippen LogP contribution < -0.4 is 5.32 Å². The Bertz CT molecular complexity index is 202. The summed E-state index contributed by atoms with van der Waals surface area (Å²) in [6.45, 7) is 4.12. The van der Waals surface area contributed by atoms with E-state index in [-0.39, 0.29) is 6.04 Å². The highest BCUT2D eigenvalue weighted by Gasteiger charge is 2.40. The fraction of sp³-hybridized carbons (Fsp3) is 0.900. The van der Waals surface area contributed by atoms with Crippen LogP contribution in [0.5, 0.6) is 0 Å². The van der Waals surface area contributed by atoms with Crippen LogP contribution in [0.1, 0.15) is 33.1 Å². The van der Waals surface area contributed by atoms with Crippen molar-refractivity contribution < 1.29 is 9.90 Å². The van der Waals surface area contributed by atoms with Gasteiger partial charge in [0.2, 0.25) is 0 Å². The van der Waals surface area contributed by atoms with Gasteiger partial charge in [0.1, 0.15) is 5.54 Å². The molecule has 0 bridgehead atoms. The first-order valence-corrected chi connectivity index (χ1v) is 6.35. The predicted octanol–water partition coefficient (Wildman–Crippen LogP) is 1.72. The molecule has 0 spiro atoms. The lowest BCUT2D eigenvalue weighted by Crippen LogP contribution is -2.57. The van der Waals surface area contributed by atoms with Gasteiger partial charge in [0, 0.05) is 6.04 Å². The molecule has 0 amide bonds. The lowest BCUT2D eigenvalue weighted by atomic mass is 9.91. The molecule has 14 heavy (non-hydrogen) atoms. The molecule has 0 aromatic carbocycles. The first kappa shape index (κ1) is 11.9. The zero-order valence-electron chi connectivity index (χ0n) is 8.88. The molecular formula is C10H19NO2S. The predicted molar refractivity (Wildman–Crippen MR) is 59.8 cm³/mol. The third-order valence-corrected chi connectivity index (χ3v) is 3.88. The summed E-state index contributed by atoms with van der Waals surface area (Å²) in [6.07, 6.45) is 2.47.